The van der Waals surface area contributed by atoms with Crippen LogP contribution in [0.5, 0.6) is 0 Å². The highest BCUT2D eigenvalue weighted by atomic mass is 16.8. The van der Waals surface area contributed by atoms with E-state index in [4.69, 9.17) is 28.4 Å². The summed E-state index contributed by atoms with van der Waals surface area (Å²) >= 11 is 0. The molecular formula is C18H30O8. The van der Waals surface area contributed by atoms with Crippen molar-refractivity contribution in [3.05, 3.63) is 0 Å². The summed E-state index contributed by atoms with van der Waals surface area (Å²) in [6, 6.07) is 0. The zero-order valence-corrected chi connectivity index (χ0v) is 16.5. The normalized spacial score (nSPS) is 42.0. The maximum absolute atomic E-state index is 12.6. The van der Waals surface area contributed by atoms with Gasteiger partial charge in [0.2, 0.25) is 0 Å². The molecule has 3 fully saturated rings. The van der Waals surface area contributed by atoms with Crippen molar-refractivity contribution in [3.8, 4) is 0 Å². The van der Waals surface area contributed by atoms with E-state index in [1.54, 1.807) is 27.7 Å². The molecule has 6 atom stereocenters. The van der Waals surface area contributed by atoms with Crippen molar-refractivity contribution in [2.24, 2.45) is 11.8 Å². The van der Waals surface area contributed by atoms with Crippen LogP contribution in [0.2, 0.25) is 0 Å². The van der Waals surface area contributed by atoms with Crippen LogP contribution in [0.3, 0.4) is 0 Å². The van der Waals surface area contributed by atoms with Gasteiger partial charge in [-0.05, 0) is 33.6 Å². The zero-order valence-electron chi connectivity index (χ0n) is 16.5. The lowest BCUT2D eigenvalue weighted by molar-refractivity contribution is -0.258. The van der Waals surface area contributed by atoms with Crippen molar-refractivity contribution in [3.63, 3.8) is 0 Å². The monoisotopic (exact) mass is 374 g/mol. The van der Waals surface area contributed by atoms with E-state index in [2.05, 4.69) is 0 Å². The van der Waals surface area contributed by atoms with Gasteiger partial charge in [0.1, 0.15) is 23.9 Å². The van der Waals surface area contributed by atoms with Gasteiger partial charge in [0, 0.05) is 0 Å². The van der Waals surface area contributed by atoms with Crippen molar-refractivity contribution < 1.29 is 38.3 Å². The van der Waals surface area contributed by atoms with Gasteiger partial charge in [0.25, 0.3) is 0 Å². The molecule has 3 aliphatic heterocycles. The van der Waals surface area contributed by atoms with E-state index in [0.717, 1.165) is 0 Å². The minimum absolute atomic E-state index is 0.222. The first-order valence-corrected chi connectivity index (χ1v) is 9.04. The van der Waals surface area contributed by atoms with E-state index in [9.17, 15) is 9.90 Å². The maximum Gasteiger partial charge on any atom is 0.312 e. The molecule has 1 N–H and O–H groups in total. The number of carbonyl (C=O) groups excluding carboxylic acids is 1. The Morgan fingerprint density at radius 2 is 1.73 bits per heavy atom. The molecule has 0 saturated carbocycles. The molecule has 0 aromatic carbocycles. The summed E-state index contributed by atoms with van der Waals surface area (Å²) in [7, 11) is 1.30. The van der Waals surface area contributed by atoms with Gasteiger partial charge in [-0.1, -0.05) is 13.8 Å². The standard InChI is InChI=1S/C18H30O8/c1-9(2)11(14(19)21-7)18(20)12(10-8-22-16(3,4)24-10)23-15-13(18)25-17(5,6)26-15/h9-13,15,20H,8H2,1-7H3/t10-,11+,12-,13+,15-,18-/m1/s1. The molecule has 0 bridgehead atoms. The molecule has 0 aromatic rings. The van der Waals surface area contributed by atoms with Crippen molar-refractivity contribution >= 4 is 5.97 Å². The Morgan fingerprint density at radius 1 is 1.08 bits per heavy atom. The third kappa shape index (κ3) is 3.16. The average molecular weight is 374 g/mol. The van der Waals surface area contributed by atoms with Crippen LogP contribution in [0.4, 0.5) is 0 Å². The quantitative estimate of drug-likeness (QED) is 0.734. The Balaban J connectivity index is 2.00. The Bertz CT molecular complexity index is 559. The maximum atomic E-state index is 12.6. The first kappa shape index (κ1) is 20.0. The molecule has 3 saturated heterocycles. The molecule has 0 aliphatic carbocycles. The van der Waals surface area contributed by atoms with E-state index in [1.165, 1.54) is 7.11 Å². The summed E-state index contributed by atoms with van der Waals surface area (Å²) in [4.78, 5) is 12.6. The van der Waals surface area contributed by atoms with Crippen LogP contribution < -0.4 is 0 Å². The predicted octanol–water partition coefficient (Wildman–Crippen LogP) is 1.19. The Kier molecular flexibility index (Phi) is 4.91. The van der Waals surface area contributed by atoms with E-state index < -0.39 is 53.7 Å². The van der Waals surface area contributed by atoms with Crippen LogP contribution >= 0.6 is 0 Å². The molecule has 3 aliphatic rings. The minimum Gasteiger partial charge on any atom is -0.469 e. The van der Waals surface area contributed by atoms with Gasteiger partial charge in [0.15, 0.2) is 17.9 Å². The lowest BCUT2D eigenvalue weighted by Crippen LogP contribution is -2.62. The smallest absolute Gasteiger partial charge is 0.312 e. The Labute approximate surface area is 154 Å². The first-order chi connectivity index (χ1) is 11.9. The van der Waals surface area contributed by atoms with Crippen LogP contribution in [-0.4, -0.2) is 66.6 Å². The van der Waals surface area contributed by atoms with Crippen molar-refractivity contribution in [2.75, 3.05) is 13.7 Å². The van der Waals surface area contributed by atoms with Gasteiger partial charge in [-0.15, -0.1) is 0 Å². The number of hydrogen-bond acceptors (Lipinski definition) is 8. The second-order valence-electron chi connectivity index (χ2n) is 8.48. The molecule has 0 aromatic heterocycles. The number of fused-ring (bicyclic) bond motifs is 1. The molecule has 8 nitrogen and oxygen atoms in total. The summed E-state index contributed by atoms with van der Waals surface area (Å²) in [5.41, 5.74) is -1.69. The average Bonchev–Trinajstić information content (AvgIpc) is 3.09. The summed E-state index contributed by atoms with van der Waals surface area (Å²) in [5, 5.41) is 11.8. The fourth-order valence-corrected chi connectivity index (χ4v) is 4.28. The minimum atomic E-state index is -1.69. The van der Waals surface area contributed by atoms with E-state index in [0.29, 0.717) is 0 Å². The molecular weight excluding hydrogens is 344 g/mol. The van der Waals surface area contributed by atoms with Gasteiger partial charge in [-0.3, -0.25) is 4.79 Å². The van der Waals surface area contributed by atoms with Crippen LogP contribution in [0.15, 0.2) is 0 Å². The topological polar surface area (TPSA) is 92.7 Å². The lowest BCUT2D eigenvalue weighted by Gasteiger charge is -2.41. The molecule has 8 heteroatoms. The SMILES string of the molecule is COC(=O)[C@H](C(C)C)[C@@]1(O)[C@@H]([C@H]2COC(C)(C)O2)O[C@@H]2OC(C)(C)O[C@@H]21. The van der Waals surface area contributed by atoms with E-state index >= 15 is 0 Å². The van der Waals surface area contributed by atoms with E-state index in [-0.39, 0.29) is 12.5 Å². The van der Waals surface area contributed by atoms with Gasteiger partial charge in [-0.2, -0.15) is 0 Å². The highest BCUT2D eigenvalue weighted by molar-refractivity contribution is 5.74. The first-order valence-electron chi connectivity index (χ1n) is 9.04. The van der Waals surface area contributed by atoms with Crippen LogP contribution in [-0.2, 0) is 33.2 Å². The fraction of sp³-hybridized carbons (Fsp3) is 0.944. The number of ether oxygens (including phenoxy) is 6. The van der Waals surface area contributed by atoms with E-state index in [1.807, 2.05) is 13.8 Å². The molecule has 150 valence electrons. The summed E-state index contributed by atoms with van der Waals surface area (Å²) in [6.07, 6.45) is -3.08. The second-order valence-corrected chi connectivity index (χ2v) is 8.48. The number of methoxy groups -OCH3 is 1. The number of carbonyl (C=O) groups is 1. The third-order valence-corrected chi connectivity index (χ3v) is 5.24. The second kappa shape index (κ2) is 6.39. The van der Waals surface area contributed by atoms with Crippen LogP contribution in [0.25, 0.3) is 0 Å². The van der Waals surface area contributed by atoms with Gasteiger partial charge in [0.05, 0.1) is 19.6 Å². The number of esters is 1. The summed E-state index contributed by atoms with van der Waals surface area (Å²) < 4.78 is 34.3. The summed E-state index contributed by atoms with van der Waals surface area (Å²) in [5.74, 6) is -3.36. The van der Waals surface area contributed by atoms with Gasteiger partial charge < -0.3 is 33.5 Å². The lowest BCUT2D eigenvalue weighted by atomic mass is 9.72. The Hall–Kier alpha value is -0.770. The predicted molar refractivity (Wildman–Crippen MR) is 88.9 cm³/mol. The van der Waals surface area contributed by atoms with Gasteiger partial charge >= 0.3 is 5.97 Å². The number of rotatable bonds is 4. The number of hydrogen-bond donors (Lipinski definition) is 1. The largest absolute Gasteiger partial charge is 0.469 e. The van der Waals surface area contributed by atoms with Crippen molar-refractivity contribution in [1.29, 1.82) is 0 Å². The summed E-state index contributed by atoms with van der Waals surface area (Å²) in [6.45, 7) is 11.0. The molecule has 3 heterocycles. The highest BCUT2D eigenvalue weighted by Crippen LogP contribution is 2.50. The highest BCUT2D eigenvalue weighted by Gasteiger charge is 2.70. The van der Waals surface area contributed by atoms with Crippen molar-refractivity contribution in [2.45, 2.75) is 83.3 Å². The molecule has 26 heavy (non-hydrogen) atoms. The van der Waals surface area contributed by atoms with Crippen LogP contribution in [0.1, 0.15) is 41.5 Å². The molecule has 0 unspecified atom stereocenters. The molecule has 0 amide bonds. The Morgan fingerprint density at radius 3 is 2.23 bits per heavy atom. The molecule has 0 radical (unpaired) electrons. The molecule has 3 rings (SSSR count). The number of aliphatic hydroxyl groups is 1. The zero-order chi connectivity index (χ0) is 19.5. The van der Waals surface area contributed by atoms with Gasteiger partial charge in [-0.25, -0.2) is 0 Å². The van der Waals surface area contributed by atoms with Crippen molar-refractivity contribution in [1.82, 2.24) is 0 Å². The van der Waals surface area contributed by atoms with Crippen LogP contribution in [0, 0.1) is 11.8 Å². The fourth-order valence-electron chi connectivity index (χ4n) is 4.28. The third-order valence-electron chi connectivity index (χ3n) is 5.24. The molecule has 0 spiro atoms.